The number of nitrogens with two attached hydrogens (primary N) is 1. The fourth-order valence-electron chi connectivity index (χ4n) is 1.96. The molecule has 0 aliphatic heterocycles. The molecule has 1 aromatic carbocycles. The van der Waals surface area contributed by atoms with Crippen molar-refractivity contribution >= 4 is 22.9 Å². The Kier molecular flexibility index (Phi) is 3.85. The van der Waals surface area contributed by atoms with Gasteiger partial charge in [0.15, 0.2) is 0 Å². The molecule has 4 nitrogen and oxygen atoms in total. The quantitative estimate of drug-likeness (QED) is 0.665. The number of rotatable bonds is 4. The molecule has 5 heteroatoms. The van der Waals surface area contributed by atoms with Crippen LogP contribution < -0.4 is 10.6 Å². The minimum atomic E-state index is 0.0999. The second kappa shape index (κ2) is 5.40. The van der Waals surface area contributed by atoms with Gasteiger partial charge in [-0.05, 0) is 31.5 Å². The Morgan fingerprint density at radius 2 is 2.16 bits per heavy atom. The number of aromatic nitrogens is 1. The minimum absolute atomic E-state index is 0.0999. The molecule has 0 aliphatic rings. The van der Waals surface area contributed by atoms with Crippen LogP contribution in [-0.2, 0) is 6.54 Å². The van der Waals surface area contributed by atoms with Gasteiger partial charge in [-0.25, -0.2) is 4.98 Å². The van der Waals surface area contributed by atoms with Crippen molar-refractivity contribution in [1.29, 1.82) is 5.41 Å². The molecule has 0 atom stereocenters. The Labute approximate surface area is 117 Å². The number of nitrogen functional groups attached to an aromatic ring is 1. The van der Waals surface area contributed by atoms with Gasteiger partial charge in [0, 0.05) is 23.2 Å². The third-order valence-corrected chi connectivity index (χ3v) is 4.00. The van der Waals surface area contributed by atoms with Crippen LogP contribution in [0.5, 0.6) is 0 Å². The fourth-order valence-corrected chi connectivity index (χ4v) is 2.79. The first-order chi connectivity index (χ1) is 8.99. The zero-order chi connectivity index (χ0) is 14.0. The zero-order valence-corrected chi connectivity index (χ0v) is 12.2. The van der Waals surface area contributed by atoms with E-state index in [0.29, 0.717) is 0 Å². The average molecular weight is 274 g/mol. The maximum absolute atomic E-state index is 7.67. The maximum atomic E-state index is 7.67. The van der Waals surface area contributed by atoms with E-state index in [2.05, 4.69) is 16.0 Å². The van der Waals surface area contributed by atoms with E-state index in [1.165, 1.54) is 4.88 Å². The average Bonchev–Trinajstić information content (AvgIpc) is 2.74. The maximum Gasteiger partial charge on any atom is 0.124 e. The molecule has 1 heterocycles. The Morgan fingerprint density at radius 1 is 1.42 bits per heavy atom. The van der Waals surface area contributed by atoms with Gasteiger partial charge in [0.05, 0.1) is 17.7 Å². The van der Waals surface area contributed by atoms with Gasteiger partial charge in [-0.2, -0.15) is 0 Å². The van der Waals surface area contributed by atoms with Gasteiger partial charge in [0.1, 0.15) is 5.84 Å². The van der Waals surface area contributed by atoms with Crippen LogP contribution in [0.25, 0.3) is 0 Å². The predicted molar refractivity (Wildman–Crippen MR) is 81.2 cm³/mol. The largest absolute Gasteiger partial charge is 0.384 e. The third-order valence-electron chi connectivity index (χ3n) is 3.08. The van der Waals surface area contributed by atoms with Gasteiger partial charge in [0.2, 0.25) is 0 Å². The number of hydrogen-bond donors (Lipinski definition) is 2. The molecule has 0 fully saturated rings. The van der Waals surface area contributed by atoms with Gasteiger partial charge in [-0.15, -0.1) is 11.3 Å². The first kappa shape index (κ1) is 13.5. The normalized spacial score (nSPS) is 10.5. The summed E-state index contributed by atoms with van der Waals surface area (Å²) in [7, 11) is 2.01. The van der Waals surface area contributed by atoms with Crippen molar-refractivity contribution in [3.05, 3.63) is 45.4 Å². The van der Waals surface area contributed by atoms with E-state index < -0.39 is 0 Å². The van der Waals surface area contributed by atoms with Crippen LogP contribution >= 0.6 is 11.3 Å². The van der Waals surface area contributed by atoms with Crippen molar-refractivity contribution in [2.75, 3.05) is 11.9 Å². The van der Waals surface area contributed by atoms with E-state index in [9.17, 15) is 0 Å². The summed E-state index contributed by atoms with van der Waals surface area (Å²) in [6.07, 6.45) is 0. The lowest BCUT2D eigenvalue weighted by molar-refractivity contribution is 0.923. The number of nitrogens with one attached hydrogen (secondary N) is 1. The Bertz CT molecular complexity index is 603. The molecular weight excluding hydrogens is 256 g/mol. The van der Waals surface area contributed by atoms with Crippen molar-refractivity contribution in [3.63, 3.8) is 0 Å². The van der Waals surface area contributed by atoms with Crippen molar-refractivity contribution in [2.24, 2.45) is 5.73 Å². The van der Waals surface area contributed by atoms with Crippen molar-refractivity contribution in [2.45, 2.75) is 20.4 Å². The number of thiazole rings is 1. The highest BCUT2D eigenvalue weighted by molar-refractivity contribution is 7.09. The number of amidine groups is 1. The molecule has 0 bridgehead atoms. The molecule has 100 valence electrons. The Morgan fingerprint density at radius 3 is 2.74 bits per heavy atom. The number of anilines is 1. The summed E-state index contributed by atoms with van der Waals surface area (Å²) in [6, 6.07) is 5.95. The van der Waals surface area contributed by atoms with Gasteiger partial charge in [-0.3, -0.25) is 5.41 Å². The standard InChI is InChI=1S/C14H18N4S/c1-9-4-5-11(14(15)16)12(6-9)18(3)7-13-10(2)17-8-19-13/h4-6,8H,7H2,1-3H3,(H3,15,16). The molecule has 3 N–H and O–H groups in total. The second-order valence-electron chi connectivity index (χ2n) is 4.65. The summed E-state index contributed by atoms with van der Waals surface area (Å²) in [5.74, 6) is 0.0999. The lowest BCUT2D eigenvalue weighted by Gasteiger charge is -2.22. The Hall–Kier alpha value is -1.88. The molecule has 2 aromatic rings. The summed E-state index contributed by atoms with van der Waals surface area (Å²) in [6.45, 7) is 4.83. The van der Waals surface area contributed by atoms with Crippen LogP contribution in [0, 0.1) is 19.3 Å². The molecule has 19 heavy (non-hydrogen) atoms. The van der Waals surface area contributed by atoms with Gasteiger partial charge >= 0.3 is 0 Å². The highest BCUT2D eigenvalue weighted by Crippen LogP contribution is 2.24. The third kappa shape index (κ3) is 2.93. The number of nitrogens with zero attached hydrogens (tertiary/aromatic N) is 2. The fraction of sp³-hybridized carbons (Fsp3) is 0.286. The number of hydrogen-bond acceptors (Lipinski definition) is 4. The monoisotopic (exact) mass is 274 g/mol. The SMILES string of the molecule is Cc1ccc(C(=N)N)c(N(C)Cc2scnc2C)c1. The molecule has 0 amide bonds. The first-order valence-corrected chi connectivity index (χ1v) is 6.92. The summed E-state index contributed by atoms with van der Waals surface area (Å²) in [4.78, 5) is 7.61. The van der Waals surface area contributed by atoms with E-state index in [-0.39, 0.29) is 5.84 Å². The van der Waals surface area contributed by atoms with Crippen LogP contribution in [-0.4, -0.2) is 17.9 Å². The highest BCUT2D eigenvalue weighted by Gasteiger charge is 2.12. The smallest absolute Gasteiger partial charge is 0.124 e. The summed E-state index contributed by atoms with van der Waals surface area (Å²) >= 11 is 1.65. The van der Waals surface area contributed by atoms with Crippen LogP contribution in [0.3, 0.4) is 0 Å². The second-order valence-corrected chi connectivity index (χ2v) is 5.59. The molecule has 0 unspecified atom stereocenters. The number of aryl methyl sites for hydroxylation is 2. The van der Waals surface area contributed by atoms with Gasteiger partial charge < -0.3 is 10.6 Å². The molecule has 1 aromatic heterocycles. The van der Waals surface area contributed by atoms with E-state index >= 15 is 0 Å². The van der Waals surface area contributed by atoms with E-state index in [1.54, 1.807) is 11.3 Å². The first-order valence-electron chi connectivity index (χ1n) is 6.04. The molecule has 0 aliphatic carbocycles. The summed E-state index contributed by atoms with van der Waals surface area (Å²) in [5.41, 5.74) is 11.5. The van der Waals surface area contributed by atoms with E-state index in [1.807, 2.05) is 38.5 Å². The van der Waals surface area contributed by atoms with Crippen molar-refractivity contribution < 1.29 is 0 Å². The molecule has 2 rings (SSSR count). The van der Waals surface area contributed by atoms with Crippen LogP contribution in [0.4, 0.5) is 5.69 Å². The predicted octanol–water partition coefficient (Wildman–Crippen LogP) is 2.68. The summed E-state index contributed by atoms with van der Waals surface area (Å²) in [5, 5.41) is 7.67. The molecule has 0 saturated carbocycles. The van der Waals surface area contributed by atoms with Crippen LogP contribution in [0.1, 0.15) is 21.7 Å². The van der Waals surface area contributed by atoms with Crippen molar-refractivity contribution in [1.82, 2.24) is 4.98 Å². The number of benzene rings is 1. The topological polar surface area (TPSA) is 66.0 Å². The van der Waals surface area contributed by atoms with E-state index in [4.69, 9.17) is 11.1 Å². The minimum Gasteiger partial charge on any atom is -0.384 e. The van der Waals surface area contributed by atoms with Crippen LogP contribution in [0.15, 0.2) is 23.7 Å². The molecule has 0 radical (unpaired) electrons. The highest BCUT2D eigenvalue weighted by atomic mass is 32.1. The van der Waals surface area contributed by atoms with Crippen molar-refractivity contribution in [3.8, 4) is 0 Å². The Balaban J connectivity index is 2.32. The molecule has 0 saturated heterocycles. The van der Waals surface area contributed by atoms with Gasteiger partial charge in [-0.1, -0.05) is 6.07 Å². The van der Waals surface area contributed by atoms with Crippen LogP contribution in [0.2, 0.25) is 0 Å². The lowest BCUT2D eigenvalue weighted by atomic mass is 10.1. The zero-order valence-electron chi connectivity index (χ0n) is 11.4. The molecule has 0 spiro atoms. The van der Waals surface area contributed by atoms with E-state index in [0.717, 1.165) is 29.1 Å². The molecular formula is C14H18N4S. The summed E-state index contributed by atoms with van der Waals surface area (Å²) < 4.78 is 0. The lowest BCUT2D eigenvalue weighted by Crippen LogP contribution is -2.22. The van der Waals surface area contributed by atoms with Gasteiger partial charge in [0.25, 0.3) is 0 Å².